The minimum absolute atomic E-state index is 0.0467. The normalized spacial score (nSPS) is 21.2. The average molecular weight is 398 g/mol. The number of carbonyl (C=O) groups is 3. The molecule has 6 nitrogen and oxygen atoms in total. The number of hydrogen-bond acceptors (Lipinski definition) is 3. The number of aryl methyl sites for hydroxylation is 1. The maximum Gasteiger partial charge on any atom is 0.322 e. The van der Waals surface area contributed by atoms with Gasteiger partial charge in [-0.05, 0) is 54.5 Å². The zero-order valence-electron chi connectivity index (χ0n) is 15.3. The van der Waals surface area contributed by atoms with E-state index in [0.29, 0.717) is 10.6 Å². The quantitative estimate of drug-likeness (QED) is 0.678. The van der Waals surface area contributed by atoms with E-state index in [1.165, 1.54) is 0 Å². The van der Waals surface area contributed by atoms with Gasteiger partial charge >= 0.3 is 6.03 Å². The van der Waals surface area contributed by atoms with Crippen LogP contribution in [0.2, 0.25) is 5.02 Å². The SMILES string of the molecule is Cc1ccc(-c2ccccc2C(=O)NC[C@@]2(C3CC3)NC(=O)NC2=O)cc1Cl. The number of nitrogens with one attached hydrogen (secondary N) is 3. The molecule has 0 spiro atoms. The van der Waals surface area contributed by atoms with Crippen molar-refractivity contribution in [2.75, 3.05) is 6.54 Å². The van der Waals surface area contributed by atoms with Crippen LogP contribution in [0.25, 0.3) is 11.1 Å². The topological polar surface area (TPSA) is 87.3 Å². The minimum atomic E-state index is -1.06. The third kappa shape index (κ3) is 3.24. The van der Waals surface area contributed by atoms with Gasteiger partial charge in [0.05, 0.1) is 6.54 Å². The van der Waals surface area contributed by atoms with Crippen LogP contribution >= 0.6 is 11.6 Å². The van der Waals surface area contributed by atoms with Gasteiger partial charge in [-0.25, -0.2) is 4.79 Å². The second-order valence-corrected chi connectivity index (χ2v) is 7.75. The summed E-state index contributed by atoms with van der Waals surface area (Å²) in [6.45, 7) is 1.97. The maximum absolute atomic E-state index is 12.9. The molecule has 2 fully saturated rings. The highest BCUT2D eigenvalue weighted by Crippen LogP contribution is 2.41. The van der Waals surface area contributed by atoms with Crippen molar-refractivity contribution in [3.8, 4) is 11.1 Å². The standard InChI is InChI=1S/C21H20ClN3O3/c1-12-6-7-13(10-17(12)22)15-4-2-3-5-16(15)18(26)23-11-21(14-8-9-14)19(27)24-20(28)25-21/h2-7,10,14H,8-9,11H2,1H3,(H,23,26)(H2,24,25,27,28)/t21-/m0/s1. The molecule has 1 atom stereocenters. The monoisotopic (exact) mass is 397 g/mol. The first kappa shape index (κ1) is 18.5. The fourth-order valence-electron chi connectivity index (χ4n) is 3.65. The van der Waals surface area contributed by atoms with Gasteiger partial charge in [-0.2, -0.15) is 0 Å². The number of urea groups is 1. The molecule has 144 valence electrons. The van der Waals surface area contributed by atoms with Crippen LogP contribution in [0.1, 0.15) is 28.8 Å². The summed E-state index contributed by atoms with van der Waals surface area (Å²) in [7, 11) is 0. The second-order valence-electron chi connectivity index (χ2n) is 7.35. The Labute approximate surface area is 167 Å². The lowest BCUT2D eigenvalue weighted by Crippen LogP contribution is -2.57. The predicted octanol–water partition coefficient (Wildman–Crippen LogP) is 3.03. The Bertz CT molecular complexity index is 987. The summed E-state index contributed by atoms with van der Waals surface area (Å²) in [6, 6.07) is 12.4. The van der Waals surface area contributed by atoms with Crippen molar-refractivity contribution in [2.45, 2.75) is 25.3 Å². The summed E-state index contributed by atoms with van der Waals surface area (Å²) in [6.07, 6.45) is 1.70. The molecule has 0 radical (unpaired) electrons. The molecule has 1 aliphatic heterocycles. The van der Waals surface area contributed by atoms with Crippen LogP contribution in [-0.2, 0) is 4.79 Å². The Balaban J connectivity index is 1.58. The molecule has 4 rings (SSSR count). The molecule has 7 heteroatoms. The molecule has 1 heterocycles. The van der Waals surface area contributed by atoms with Gasteiger partial charge in [0.25, 0.3) is 11.8 Å². The highest BCUT2D eigenvalue weighted by molar-refractivity contribution is 6.31. The maximum atomic E-state index is 12.9. The van der Waals surface area contributed by atoms with Gasteiger partial charge < -0.3 is 10.6 Å². The Morgan fingerprint density at radius 2 is 1.96 bits per heavy atom. The molecule has 2 aromatic rings. The van der Waals surface area contributed by atoms with Gasteiger partial charge in [0.1, 0.15) is 5.54 Å². The van der Waals surface area contributed by atoms with Crippen molar-refractivity contribution in [1.82, 2.24) is 16.0 Å². The lowest BCUT2D eigenvalue weighted by molar-refractivity contribution is -0.124. The van der Waals surface area contributed by atoms with E-state index in [0.717, 1.165) is 29.5 Å². The van der Waals surface area contributed by atoms with Gasteiger partial charge in [-0.3, -0.25) is 14.9 Å². The summed E-state index contributed by atoms with van der Waals surface area (Å²) in [5.74, 6) is -0.634. The number of imide groups is 1. The molecule has 0 aromatic heterocycles. The molecule has 2 aliphatic rings. The zero-order valence-corrected chi connectivity index (χ0v) is 16.1. The number of benzene rings is 2. The Kier molecular flexibility index (Phi) is 4.59. The fraction of sp³-hybridized carbons (Fsp3) is 0.286. The summed E-state index contributed by atoms with van der Waals surface area (Å²) >= 11 is 6.25. The molecule has 3 N–H and O–H groups in total. The predicted molar refractivity (Wildman–Crippen MR) is 106 cm³/mol. The van der Waals surface area contributed by atoms with Crippen LogP contribution in [0.5, 0.6) is 0 Å². The van der Waals surface area contributed by atoms with Crippen LogP contribution in [-0.4, -0.2) is 29.9 Å². The fourth-order valence-corrected chi connectivity index (χ4v) is 3.83. The Hall–Kier alpha value is -2.86. The lowest BCUT2D eigenvalue weighted by Gasteiger charge is -2.26. The van der Waals surface area contributed by atoms with Crippen LogP contribution in [0.3, 0.4) is 0 Å². The summed E-state index contributed by atoms with van der Waals surface area (Å²) in [5.41, 5.74) is 1.97. The minimum Gasteiger partial charge on any atom is -0.349 e. The van der Waals surface area contributed by atoms with E-state index >= 15 is 0 Å². The number of carbonyl (C=O) groups excluding carboxylic acids is 3. The van der Waals surface area contributed by atoms with Crippen molar-refractivity contribution in [3.05, 3.63) is 58.6 Å². The number of hydrogen-bond donors (Lipinski definition) is 3. The van der Waals surface area contributed by atoms with Gasteiger partial charge in [0.2, 0.25) is 0 Å². The van der Waals surface area contributed by atoms with E-state index in [4.69, 9.17) is 11.6 Å². The van der Waals surface area contributed by atoms with E-state index in [9.17, 15) is 14.4 Å². The first-order chi connectivity index (χ1) is 13.4. The van der Waals surface area contributed by atoms with E-state index in [1.54, 1.807) is 12.1 Å². The Morgan fingerprint density at radius 1 is 1.21 bits per heavy atom. The summed E-state index contributed by atoms with van der Waals surface area (Å²) in [5, 5.41) is 8.47. The smallest absolute Gasteiger partial charge is 0.322 e. The van der Waals surface area contributed by atoms with Gasteiger partial charge in [0, 0.05) is 10.6 Å². The molecule has 1 saturated carbocycles. The molecule has 1 saturated heterocycles. The van der Waals surface area contributed by atoms with Gasteiger partial charge in [0.15, 0.2) is 0 Å². The van der Waals surface area contributed by atoms with Gasteiger partial charge in [-0.1, -0.05) is 41.9 Å². The van der Waals surface area contributed by atoms with Crippen LogP contribution in [0.4, 0.5) is 4.79 Å². The molecule has 0 bridgehead atoms. The van der Waals surface area contributed by atoms with Crippen molar-refractivity contribution in [2.24, 2.45) is 5.92 Å². The third-order valence-electron chi connectivity index (χ3n) is 5.43. The van der Waals surface area contributed by atoms with Crippen molar-refractivity contribution >= 4 is 29.4 Å². The average Bonchev–Trinajstić information content (AvgIpc) is 3.48. The summed E-state index contributed by atoms with van der Waals surface area (Å²) < 4.78 is 0. The molecular weight excluding hydrogens is 378 g/mol. The highest BCUT2D eigenvalue weighted by atomic mass is 35.5. The largest absolute Gasteiger partial charge is 0.349 e. The van der Waals surface area contributed by atoms with E-state index in [-0.39, 0.29) is 24.3 Å². The van der Waals surface area contributed by atoms with Crippen molar-refractivity contribution in [1.29, 1.82) is 0 Å². The second kappa shape index (κ2) is 6.95. The van der Waals surface area contributed by atoms with E-state index < -0.39 is 11.6 Å². The molecule has 4 amide bonds. The first-order valence-corrected chi connectivity index (χ1v) is 9.56. The third-order valence-corrected chi connectivity index (χ3v) is 5.83. The van der Waals surface area contributed by atoms with Gasteiger partial charge in [-0.15, -0.1) is 0 Å². The number of rotatable bonds is 5. The highest BCUT2D eigenvalue weighted by Gasteiger charge is 2.56. The first-order valence-electron chi connectivity index (χ1n) is 9.18. The van der Waals surface area contributed by atoms with Crippen molar-refractivity contribution < 1.29 is 14.4 Å². The van der Waals surface area contributed by atoms with Crippen LogP contribution in [0, 0.1) is 12.8 Å². The van der Waals surface area contributed by atoms with Crippen LogP contribution in [0.15, 0.2) is 42.5 Å². The molecular formula is C21H20ClN3O3. The Morgan fingerprint density at radius 3 is 2.61 bits per heavy atom. The van der Waals surface area contributed by atoms with E-state index in [1.807, 2.05) is 37.3 Å². The van der Waals surface area contributed by atoms with Crippen LogP contribution < -0.4 is 16.0 Å². The lowest BCUT2D eigenvalue weighted by atomic mass is 9.92. The molecule has 0 unspecified atom stereocenters. The molecule has 1 aliphatic carbocycles. The molecule has 2 aromatic carbocycles. The van der Waals surface area contributed by atoms with E-state index in [2.05, 4.69) is 16.0 Å². The molecule has 28 heavy (non-hydrogen) atoms. The number of halogens is 1. The van der Waals surface area contributed by atoms with Crippen molar-refractivity contribution in [3.63, 3.8) is 0 Å². The number of amides is 4. The zero-order chi connectivity index (χ0) is 19.9. The summed E-state index contributed by atoms with van der Waals surface area (Å²) in [4.78, 5) is 36.9.